The number of hydrogen-bond acceptors (Lipinski definition) is 4. The van der Waals surface area contributed by atoms with Crippen LogP contribution in [-0.2, 0) is 11.2 Å². The second-order valence-corrected chi connectivity index (χ2v) is 6.80. The number of amides is 2. The van der Waals surface area contributed by atoms with Gasteiger partial charge in [-0.2, -0.15) is 0 Å². The summed E-state index contributed by atoms with van der Waals surface area (Å²) >= 11 is 0. The zero-order valence-corrected chi connectivity index (χ0v) is 15.5. The fourth-order valence-corrected chi connectivity index (χ4v) is 3.22. The average molecular weight is 352 g/mol. The minimum Gasteiger partial charge on any atom is -0.339 e. The van der Waals surface area contributed by atoms with Crippen LogP contribution in [0.25, 0.3) is 0 Å². The van der Waals surface area contributed by atoms with Crippen LogP contribution in [0.3, 0.4) is 0 Å². The van der Waals surface area contributed by atoms with Crippen LogP contribution in [0.2, 0.25) is 0 Å². The van der Waals surface area contributed by atoms with E-state index >= 15 is 0 Å². The molecular formula is C20H24N4O2. The number of carbonyl (C=O) groups is 2. The van der Waals surface area contributed by atoms with E-state index in [2.05, 4.69) is 35.9 Å². The largest absolute Gasteiger partial charge is 0.339 e. The molecule has 0 aliphatic carbocycles. The van der Waals surface area contributed by atoms with E-state index in [9.17, 15) is 9.59 Å². The maximum absolute atomic E-state index is 12.7. The standard InChI is InChI=1S/C20H24N4O2/c1-14-10-16(3)17(11-15(14)2)12-19(25)23-6-8-24(9-7-23)20(26)18-13-21-4-5-22-18/h4-5,10-11,13H,6-9,12H2,1-3H3. The van der Waals surface area contributed by atoms with E-state index in [1.54, 1.807) is 11.1 Å². The van der Waals surface area contributed by atoms with Crippen LogP contribution < -0.4 is 0 Å². The molecule has 1 aromatic carbocycles. The molecule has 2 amide bonds. The van der Waals surface area contributed by atoms with Crippen molar-refractivity contribution in [2.24, 2.45) is 0 Å². The molecule has 3 rings (SSSR count). The molecule has 0 unspecified atom stereocenters. The summed E-state index contributed by atoms with van der Waals surface area (Å²) in [7, 11) is 0. The summed E-state index contributed by atoms with van der Waals surface area (Å²) in [5.41, 5.74) is 5.03. The Hall–Kier alpha value is -2.76. The zero-order valence-electron chi connectivity index (χ0n) is 15.5. The number of nitrogens with zero attached hydrogens (tertiary/aromatic N) is 4. The van der Waals surface area contributed by atoms with Gasteiger partial charge < -0.3 is 9.80 Å². The predicted octanol–water partition coefficient (Wildman–Crippen LogP) is 1.93. The summed E-state index contributed by atoms with van der Waals surface area (Å²) in [6.07, 6.45) is 4.94. The van der Waals surface area contributed by atoms with Gasteiger partial charge in [0.1, 0.15) is 5.69 Å². The van der Waals surface area contributed by atoms with Crippen molar-refractivity contribution in [1.82, 2.24) is 19.8 Å². The Morgan fingerprint density at radius 3 is 2.23 bits per heavy atom. The Morgan fingerprint density at radius 1 is 0.923 bits per heavy atom. The van der Waals surface area contributed by atoms with Crippen LogP contribution in [-0.4, -0.2) is 57.8 Å². The first-order valence-corrected chi connectivity index (χ1v) is 8.85. The molecule has 26 heavy (non-hydrogen) atoms. The Balaban J connectivity index is 1.59. The lowest BCUT2D eigenvalue weighted by atomic mass is 9.98. The van der Waals surface area contributed by atoms with E-state index in [0.29, 0.717) is 38.3 Å². The minimum atomic E-state index is -0.129. The molecule has 0 N–H and O–H groups in total. The molecular weight excluding hydrogens is 328 g/mol. The van der Waals surface area contributed by atoms with Crippen molar-refractivity contribution in [2.75, 3.05) is 26.2 Å². The summed E-state index contributed by atoms with van der Waals surface area (Å²) in [6.45, 7) is 8.34. The SMILES string of the molecule is Cc1cc(C)c(CC(=O)N2CCN(C(=O)c3cnccn3)CC2)cc1C. The van der Waals surface area contributed by atoms with Gasteiger partial charge in [0.15, 0.2) is 0 Å². The first-order valence-electron chi connectivity index (χ1n) is 8.85. The number of benzene rings is 1. The van der Waals surface area contributed by atoms with Crippen LogP contribution in [0.15, 0.2) is 30.7 Å². The van der Waals surface area contributed by atoms with Gasteiger partial charge >= 0.3 is 0 Å². The molecule has 1 saturated heterocycles. The topological polar surface area (TPSA) is 66.4 Å². The fraction of sp³-hybridized carbons (Fsp3) is 0.400. The maximum atomic E-state index is 12.7. The third kappa shape index (κ3) is 3.90. The second kappa shape index (κ2) is 7.64. The van der Waals surface area contributed by atoms with Gasteiger partial charge in [0.25, 0.3) is 5.91 Å². The van der Waals surface area contributed by atoms with Gasteiger partial charge in [-0.25, -0.2) is 4.98 Å². The van der Waals surface area contributed by atoms with Crippen LogP contribution in [0.4, 0.5) is 0 Å². The Morgan fingerprint density at radius 2 is 1.58 bits per heavy atom. The number of hydrogen-bond donors (Lipinski definition) is 0. The van der Waals surface area contributed by atoms with Crippen molar-refractivity contribution < 1.29 is 9.59 Å². The summed E-state index contributed by atoms with van der Waals surface area (Å²) in [5.74, 6) is -0.0156. The summed E-state index contributed by atoms with van der Waals surface area (Å²) < 4.78 is 0. The molecule has 0 spiro atoms. The molecule has 2 heterocycles. The van der Waals surface area contributed by atoms with Crippen LogP contribution in [0, 0.1) is 20.8 Å². The Labute approximate surface area is 153 Å². The van der Waals surface area contributed by atoms with E-state index in [4.69, 9.17) is 0 Å². The predicted molar refractivity (Wildman–Crippen MR) is 98.9 cm³/mol. The van der Waals surface area contributed by atoms with Crippen molar-refractivity contribution in [1.29, 1.82) is 0 Å². The number of aromatic nitrogens is 2. The number of carbonyl (C=O) groups excluding carboxylic acids is 2. The minimum absolute atomic E-state index is 0.114. The first kappa shape index (κ1) is 18.0. The van der Waals surface area contributed by atoms with E-state index < -0.39 is 0 Å². The van der Waals surface area contributed by atoms with Gasteiger partial charge in [0.2, 0.25) is 5.91 Å². The molecule has 0 radical (unpaired) electrons. The van der Waals surface area contributed by atoms with Crippen molar-refractivity contribution in [3.05, 3.63) is 58.7 Å². The lowest BCUT2D eigenvalue weighted by Crippen LogP contribution is -2.51. The molecule has 1 aromatic heterocycles. The Kier molecular flexibility index (Phi) is 5.30. The van der Waals surface area contributed by atoms with Gasteiger partial charge in [-0.3, -0.25) is 14.6 Å². The quantitative estimate of drug-likeness (QED) is 0.847. The fourth-order valence-electron chi connectivity index (χ4n) is 3.22. The molecule has 0 saturated carbocycles. The lowest BCUT2D eigenvalue weighted by molar-refractivity contribution is -0.131. The van der Waals surface area contributed by atoms with E-state index in [1.807, 2.05) is 11.8 Å². The third-order valence-electron chi connectivity index (χ3n) is 5.00. The van der Waals surface area contributed by atoms with E-state index in [-0.39, 0.29) is 11.8 Å². The molecule has 136 valence electrons. The number of aryl methyl sites for hydroxylation is 3. The molecule has 2 aromatic rings. The molecule has 0 atom stereocenters. The highest BCUT2D eigenvalue weighted by molar-refractivity contribution is 5.92. The van der Waals surface area contributed by atoms with Crippen molar-refractivity contribution >= 4 is 11.8 Å². The molecule has 1 aliphatic rings. The summed E-state index contributed by atoms with van der Waals surface area (Å²) in [5, 5.41) is 0. The molecule has 6 nitrogen and oxygen atoms in total. The van der Waals surface area contributed by atoms with Crippen LogP contribution in [0.1, 0.15) is 32.7 Å². The summed E-state index contributed by atoms with van der Waals surface area (Å²) in [6, 6.07) is 4.24. The van der Waals surface area contributed by atoms with E-state index in [1.165, 1.54) is 23.5 Å². The van der Waals surface area contributed by atoms with Gasteiger partial charge in [-0.15, -0.1) is 0 Å². The van der Waals surface area contributed by atoms with Crippen molar-refractivity contribution in [3.8, 4) is 0 Å². The van der Waals surface area contributed by atoms with Crippen molar-refractivity contribution in [3.63, 3.8) is 0 Å². The lowest BCUT2D eigenvalue weighted by Gasteiger charge is -2.34. The second-order valence-electron chi connectivity index (χ2n) is 6.80. The highest BCUT2D eigenvalue weighted by Crippen LogP contribution is 2.17. The van der Waals surface area contributed by atoms with Gasteiger partial charge in [0, 0.05) is 38.6 Å². The van der Waals surface area contributed by atoms with Gasteiger partial charge in [-0.05, 0) is 43.0 Å². The number of piperazine rings is 1. The monoisotopic (exact) mass is 352 g/mol. The Bertz CT molecular complexity index is 812. The van der Waals surface area contributed by atoms with E-state index in [0.717, 1.165) is 11.1 Å². The molecule has 6 heteroatoms. The average Bonchev–Trinajstić information content (AvgIpc) is 2.66. The molecule has 1 fully saturated rings. The normalized spacial score (nSPS) is 14.4. The smallest absolute Gasteiger partial charge is 0.274 e. The van der Waals surface area contributed by atoms with Crippen LogP contribution in [0.5, 0.6) is 0 Å². The van der Waals surface area contributed by atoms with Crippen molar-refractivity contribution in [2.45, 2.75) is 27.2 Å². The maximum Gasteiger partial charge on any atom is 0.274 e. The third-order valence-corrected chi connectivity index (χ3v) is 5.00. The van der Waals surface area contributed by atoms with Gasteiger partial charge in [0.05, 0.1) is 12.6 Å². The highest BCUT2D eigenvalue weighted by Gasteiger charge is 2.25. The van der Waals surface area contributed by atoms with Crippen LogP contribution >= 0.6 is 0 Å². The highest BCUT2D eigenvalue weighted by atomic mass is 16.2. The summed E-state index contributed by atoms with van der Waals surface area (Å²) in [4.78, 5) is 36.6. The molecule has 1 aliphatic heterocycles. The first-order chi connectivity index (χ1) is 12.5. The molecule has 0 bridgehead atoms. The zero-order chi connectivity index (χ0) is 18.7. The number of rotatable bonds is 3. The van der Waals surface area contributed by atoms with Gasteiger partial charge in [-0.1, -0.05) is 12.1 Å².